The molecule has 37 heavy (non-hydrogen) atoms. The van der Waals surface area contributed by atoms with E-state index in [0.29, 0.717) is 45.5 Å². The summed E-state index contributed by atoms with van der Waals surface area (Å²) in [5.41, 5.74) is 1.74. The minimum atomic E-state index is -0.644. The van der Waals surface area contributed by atoms with E-state index >= 15 is 0 Å². The van der Waals surface area contributed by atoms with Gasteiger partial charge in [-0.2, -0.15) is 5.26 Å². The molecule has 5 rings (SSSR count). The number of halogens is 2. The summed E-state index contributed by atoms with van der Waals surface area (Å²) in [6, 6.07) is 12.5. The normalized spacial score (nSPS) is 20.7. The van der Waals surface area contributed by atoms with Gasteiger partial charge < -0.3 is 14.4 Å². The number of nitriles is 1. The van der Waals surface area contributed by atoms with Gasteiger partial charge in [0.25, 0.3) is 5.91 Å². The average molecular weight is 523 g/mol. The highest BCUT2D eigenvalue weighted by molar-refractivity contribution is 7.18. The number of nitrogens with zero attached hydrogens (tertiary/aromatic N) is 2. The van der Waals surface area contributed by atoms with E-state index in [1.807, 2.05) is 11.0 Å². The summed E-state index contributed by atoms with van der Waals surface area (Å²) in [6.45, 7) is 6.37. The summed E-state index contributed by atoms with van der Waals surface area (Å²) in [6.07, 6.45) is 2.00. The Bertz CT molecular complexity index is 1390. The molecule has 0 radical (unpaired) electrons. The Morgan fingerprint density at radius 1 is 1.11 bits per heavy atom. The van der Waals surface area contributed by atoms with Gasteiger partial charge in [0.15, 0.2) is 11.6 Å². The standard InChI is InChI=1S/C29H28F2N2O3S/c1-17-18(2)36-16-29(17)8-10-33(11-9-29)28(34)26-14-22(19-4-5-21(15-32)23(30)12-19)27(37-26)20-6-7-25(35-3)24(31)13-20/h4-7,12-14,17-18H,8-11,16H2,1-3H3/t17-,18+/m1/s1. The Hall–Kier alpha value is -3.28. The number of benzene rings is 2. The van der Waals surface area contributed by atoms with E-state index in [1.165, 1.54) is 42.7 Å². The molecule has 0 saturated carbocycles. The lowest BCUT2D eigenvalue weighted by molar-refractivity contribution is 0.0469. The highest BCUT2D eigenvalue weighted by Gasteiger charge is 2.47. The van der Waals surface area contributed by atoms with E-state index in [4.69, 9.17) is 14.7 Å². The number of rotatable bonds is 4. The zero-order valence-electron chi connectivity index (χ0n) is 21.0. The van der Waals surface area contributed by atoms with Crippen LogP contribution in [-0.4, -0.2) is 43.7 Å². The molecule has 1 aromatic heterocycles. The van der Waals surface area contributed by atoms with E-state index in [9.17, 15) is 13.6 Å². The third kappa shape index (κ3) is 4.51. The number of hydrogen-bond donors (Lipinski definition) is 0. The first kappa shape index (κ1) is 25.4. The summed E-state index contributed by atoms with van der Waals surface area (Å²) in [7, 11) is 1.40. The lowest BCUT2D eigenvalue weighted by atomic mass is 9.70. The van der Waals surface area contributed by atoms with Crippen LogP contribution < -0.4 is 4.74 Å². The number of ether oxygens (including phenoxy) is 2. The Morgan fingerprint density at radius 2 is 1.81 bits per heavy atom. The molecule has 0 unspecified atom stereocenters. The molecule has 3 heterocycles. The van der Waals surface area contributed by atoms with Gasteiger partial charge in [-0.05, 0) is 73.2 Å². The maximum Gasteiger partial charge on any atom is 0.263 e. The molecular formula is C29H28F2N2O3S. The fourth-order valence-electron chi connectivity index (χ4n) is 5.49. The number of thiophene rings is 1. The third-order valence-corrected chi connectivity index (χ3v) is 9.28. The zero-order valence-corrected chi connectivity index (χ0v) is 21.8. The molecule has 2 aliphatic heterocycles. The Balaban J connectivity index is 1.49. The van der Waals surface area contributed by atoms with E-state index in [2.05, 4.69) is 13.8 Å². The number of amides is 1. The number of methoxy groups -OCH3 is 1. The van der Waals surface area contributed by atoms with Crippen LogP contribution in [0, 0.1) is 34.3 Å². The molecule has 2 aromatic carbocycles. The molecule has 0 bridgehead atoms. The number of carbonyl (C=O) groups is 1. The van der Waals surface area contributed by atoms with Crippen molar-refractivity contribution in [2.24, 2.45) is 11.3 Å². The smallest absolute Gasteiger partial charge is 0.263 e. The second-order valence-corrected chi connectivity index (χ2v) is 11.0. The minimum absolute atomic E-state index is 0.0611. The average Bonchev–Trinajstić information content (AvgIpc) is 3.47. The van der Waals surface area contributed by atoms with Crippen LogP contribution in [0.25, 0.3) is 21.6 Å². The zero-order chi connectivity index (χ0) is 26.3. The Labute approximate surface area is 219 Å². The van der Waals surface area contributed by atoms with Crippen molar-refractivity contribution >= 4 is 17.2 Å². The summed E-state index contributed by atoms with van der Waals surface area (Å²) in [4.78, 5) is 16.6. The Morgan fingerprint density at radius 3 is 2.41 bits per heavy atom. The second kappa shape index (κ2) is 9.88. The lowest BCUT2D eigenvalue weighted by Gasteiger charge is -2.41. The summed E-state index contributed by atoms with van der Waals surface area (Å²) in [5.74, 6) is -0.698. The van der Waals surface area contributed by atoms with Crippen LogP contribution in [-0.2, 0) is 4.74 Å². The van der Waals surface area contributed by atoms with Gasteiger partial charge in [-0.1, -0.05) is 13.0 Å². The van der Waals surface area contributed by atoms with Gasteiger partial charge in [0, 0.05) is 28.9 Å². The van der Waals surface area contributed by atoms with Gasteiger partial charge in [-0.25, -0.2) is 8.78 Å². The van der Waals surface area contributed by atoms with Crippen LogP contribution >= 0.6 is 11.3 Å². The van der Waals surface area contributed by atoms with Crippen molar-refractivity contribution in [1.29, 1.82) is 5.26 Å². The molecule has 2 fully saturated rings. The van der Waals surface area contributed by atoms with Gasteiger partial charge in [0.1, 0.15) is 11.9 Å². The molecule has 2 aliphatic rings. The predicted molar refractivity (Wildman–Crippen MR) is 139 cm³/mol. The van der Waals surface area contributed by atoms with Crippen LogP contribution in [0.2, 0.25) is 0 Å². The van der Waals surface area contributed by atoms with E-state index < -0.39 is 11.6 Å². The first-order valence-electron chi connectivity index (χ1n) is 12.3. The molecule has 5 nitrogen and oxygen atoms in total. The van der Waals surface area contributed by atoms with Gasteiger partial charge in [-0.15, -0.1) is 11.3 Å². The molecular weight excluding hydrogens is 494 g/mol. The maximum atomic E-state index is 14.6. The van der Waals surface area contributed by atoms with Crippen molar-refractivity contribution in [2.75, 3.05) is 26.8 Å². The fraction of sp³-hybridized carbons (Fsp3) is 0.379. The number of carbonyl (C=O) groups excluding carboxylic acids is 1. The summed E-state index contributed by atoms with van der Waals surface area (Å²) >= 11 is 1.26. The van der Waals surface area contributed by atoms with Crippen molar-refractivity contribution in [3.8, 4) is 33.4 Å². The number of hydrogen-bond acceptors (Lipinski definition) is 5. The SMILES string of the molecule is COc1ccc(-c2sc(C(=O)N3CCC4(CC3)CO[C@@H](C)[C@H]4C)cc2-c2ccc(C#N)c(F)c2)cc1F. The Kier molecular flexibility index (Phi) is 6.78. The first-order valence-corrected chi connectivity index (χ1v) is 13.2. The summed E-state index contributed by atoms with van der Waals surface area (Å²) in [5, 5.41) is 9.12. The van der Waals surface area contributed by atoms with Gasteiger partial charge >= 0.3 is 0 Å². The first-order chi connectivity index (χ1) is 17.8. The number of likely N-dealkylation sites (tertiary alicyclic amines) is 1. The monoisotopic (exact) mass is 522 g/mol. The van der Waals surface area contributed by atoms with Gasteiger partial charge in [0.05, 0.1) is 30.3 Å². The molecule has 2 atom stereocenters. The molecule has 3 aromatic rings. The third-order valence-electron chi connectivity index (χ3n) is 8.11. The van der Waals surface area contributed by atoms with E-state index in [-0.39, 0.29) is 28.7 Å². The highest BCUT2D eigenvalue weighted by Crippen LogP contribution is 2.47. The highest BCUT2D eigenvalue weighted by atomic mass is 32.1. The maximum absolute atomic E-state index is 14.6. The van der Waals surface area contributed by atoms with Crippen LogP contribution in [0.15, 0.2) is 42.5 Å². The van der Waals surface area contributed by atoms with Gasteiger partial charge in [0.2, 0.25) is 0 Å². The predicted octanol–water partition coefficient (Wildman–Crippen LogP) is 6.52. The van der Waals surface area contributed by atoms with Crippen LogP contribution in [0.1, 0.15) is 41.9 Å². The van der Waals surface area contributed by atoms with E-state index in [0.717, 1.165) is 19.4 Å². The van der Waals surface area contributed by atoms with Crippen LogP contribution in [0.5, 0.6) is 5.75 Å². The molecule has 1 amide bonds. The van der Waals surface area contributed by atoms with Crippen molar-refractivity contribution < 1.29 is 23.0 Å². The van der Waals surface area contributed by atoms with Crippen molar-refractivity contribution in [2.45, 2.75) is 32.8 Å². The lowest BCUT2D eigenvalue weighted by Crippen LogP contribution is -2.45. The van der Waals surface area contributed by atoms with Crippen LogP contribution in [0.3, 0.4) is 0 Å². The van der Waals surface area contributed by atoms with Crippen molar-refractivity contribution in [1.82, 2.24) is 4.90 Å². The molecule has 2 saturated heterocycles. The molecule has 0 N–H and O–H groups in total. The van der Waals surface area contributed by atoms with Gasteiger partial charge in [-0.3, -0.25) is 4.79 Å². The van der Waals surface area contributed by atoms with Crippen LogP contribution in [0.4, 0.5) is 8.78 Å². The minimum Gasteiger partial charge on any atom is -0.494 e. The topological polar surface area (TPSA) is 62.6 Å². The molecule has 1 spiro atoms. The molecule has 0 aliphatic carbocycles. The molecule has 192 valence electrons. The van der Waals surface area contributed by atoms with Crippen molar-refractivity contribution in [3.05, 3.63) is 64.5 Å². The quantitative estimate of drug-likeness (QED) is 0.392. The fourth-order valence-corrected chi connectivity index (χ4v) is 6.63. The number of piperidine rings is 1. The van der Waals surface area contributed by atoms with Crippen molar-refractivity contribution in [3.63, 3.8) is 0 Å². The van der Waals surface area contributed by atoms with E-state index in [1.54, 1.807) is 18.2 Å². The largest absolute Gasteiger partial charge is 0.494 e. The molecule has 8 heteroatoms. The second-order valence-electron chi connectivity index (χ2n) is 9.97. The summed E-state index contributed by atoms with van der Waals surface area (Å²) < 4.78 is 40.1.